The topological polar surface area (TPSA) is 50.4 Å². The largest absolute Gasteiger partial charge is 0.489 e. The third-order valence-electron chi connectivity index (χ3n) is 4.86. The lowest BCUT2D eigenvalue weighted by atomic mass is 10.1. The molecule has 1 fully saturated rings. The third-order valence-corrected chi connectivity index (χ3v) is 5.89. The first-order chi connectivity index (χ1) is 15.1. The Kier molecular flexibility index (Phi) is 6.57. The van der Waals surface area contributed by atoms with Crippen molar-refractivity contribution in [2.24, 2.45) is 0 Å². The molecule has 0 aromatic heterocycles. The number of benzene rings is 3. The quantitative estimate of drug-likeness (QED) is 0.478. The van der Waals surface area contributed by atoms with E-state index in [2.05, 4.69) is 29.7 Å². The summed E-state index contributed by atoms with van der Waals surface area (Å²) in [6.07, 6.45) is 2.86. The first-order valence-electron chi connectivity index (χ1n) is 10.1. The number of aryl methyl sites for hydroxylation is 1. The van der Waals surface area contributed by atoms with Gasteiger partial charge in [0.25, 0.3) is 5.91 Å². The molecule has 0 radical (unpaired) electrons. The van der Waals surface area contributed by atoms with E-state index < -0.39 is 0 Å². The number of thioether (sulfide) groups is 1. The highest BCUT2D eigenvalue weighted by atomic mass is 32.2. The molecule has 3 aromatic carbocycles. The fourth-order valence-corrected chi connectivity index (χ4v) is 4.14. The van der Waals surface area contributed by atoms with Crippen molar-refractivity contribution in [2.75, 3.05) is 5.32 Å². The summed E-state index contributed by atoms with van der Waals surface area (Å²) in [4.78, 5) is 13.0. The van der Waals surface area contributed by atoms with E-state index >= 15 is 0 Å². The fourth-order valence-electron chi connectivity index (χ4n) is 3.16. The standard InChI is InChI=1S/C25H23FN2O2S/c1-2-17-6-10-21(11-7-17)27-25-28-24(29)23(31-25)15-18-8-12-22(13-9-18)30-16-19-4-3-5-20(26)14-19/h3-15,25,27H,2,16H2,1H3,(H,28,29)/b23-15-/t25-/m0/s1. The van der Waals surface area contributed by atoms with Gasteiger partial charge in [0.15, 0.2) is 5.50 Å². The molecule has 0 bridgehead atoms. The minimum atomic E-state index is -0.277. The van der Waals surface area contributed by atoms with Crippen LogP contribution in [0.3, 0.4) is 0 Å². The molecule has 0 saturated carbocycles. The second-order valence-corrected chi connectivity index (χ2v) is 8.31. The van der Waals surface area contributed by atoms with Gasteiger partial charge in [-0.1, -0.05) is 55.1 Å². The van der Waals surface area contributed by atoms with Crippen LogP contribution in [0.5, 0.6) is 5.75 Å². The van der Waals surface area contributed by atoms with E-state index in [1.54, 1.807) is 6.07 Å². The van der Waals surface area contributed by atoms with Crippen LogP contribution < -0.4 is 15.4 Å². The Morgan fingerprint density at radius 3 is 2.55 bits per heavy atom. The maximum absolute atomic E-state index is 13.3. The fraction of sp³-hybridized carbons (Fsp3) is 0.160. The summed E-state index contributed by atoms with van der Waals surface area (Å²) in [5.41, 5.74) is 3.71. The molecule has 0 unspecified atom stereocenters. The van der Waals surface area contributed by atoms with E-state index in [4.69, 9.17) is 4.74 Å². The normalized spacial score (nSPS) is 16.9. The smallest absolute Gasteiger partial charge is 0.260 e. The van der Waals surface area contributed by atoms with Crippen LogP contribution in [0.4, 0.5) is 10.1 Å². The second-order valence-electron chi connectivity index (χ2n) is 7.16. The van der Waals surface area contributed by atoms with Crippen molar-refractivity contribution in [3.8, 4) is 5.75 Å². The Hall–Kier alpha value is -3.25. The van der Waals surface area contributed by atoms with Gasteiger partial charge in [0, 0.05) is 5.69 Å². The molecule has 0 spiro atoms. The first kappa shape index (κ1) is 21.0. The van der Waals surface area contributed by atoms with Gasteiger partial charge < -0.3 is 15.4 Å². The van der Waals surface area contributed by atoms with Crippen LogP contribution in [0.2, 0.25) is 0 Å². The zero-order valence-corrected chi connectivity index (χ0v) is 17.9. The molecule has 4 nitrogen and oxygen atoms in total. The Morgan fingerprint density at radius 2 is 1.84 bits per heavy atom. The van der Waals surface area contributed by atoms with Crippen LogP contribution in [-0.4, -0.2) is 11.4 Å². The summed E-state index contributed by atoms with van der Waals surface area (Å²) < 4.78 is 19.0. The molecule has 3 aromatic rings. The molecule has 1 atom stereocenters. The summed E-state index contributed by atoms with van der Waals surface area (Å²) in [5, 5.41) is 6.27. The average molecular weight is 435 g/mol. The van der Waals surface area contributed by atoms with Gasteiger partial charge in [0.05, 0.1) is 4.91 Å². The maximum Gasteiger partial charge on any atom is 0.260 e. The highest BCUT2D eigenvalue weighted by Crippen LogP contribution is 2.30. The number of hydrogen-bond donors (Lipinski definition) is 2. The van der Waals surface area contributed by atoms with Gasteiger partial charge in [0.2, 0.25) is 0 Å². The van der Waals surface area contributed by atoms with E-state index in [9.17, 15) is 9.18 Å². The van der Waals surface area contributed by atoms with Gasteiger partial charge in [-0.05, 0) is 65.6 Å². The van der Waals surface area contributed by atoms with Crippen molar-refractivity contribution in [1.29, 1.82) is 0 Å². The molecule has 1 aliphatic rings. The summed E-state index contributed by atoms with van der Waals surface area (Å²) in [6, 6.07) is 22.0. The third kappa shape index (κ3) is 5.67. The average Bonchev–Trinajstić information content (AvgIpc) is 3.12. The van der Waals surface area contributed by atoms with Crippen molar-refractivity contribution in [3.05, 3.63) is 100 Å². The van der Waals surface area contributed by atoms with Gasteiger partial charge in [-0.15, -0.1) is 0 Å². The van der Waals surface area contributed by atoms with Crippen molar-refractivity contribution in [1.82, 2.24) is 5.32 Å². The minimum Gasteiger partial charge on any atom is -0.489 e. The highest BCUT2D eigenvalue weighted by molar-refractivity contribution is 8.05. The zero-order chi connectivity index (χ0) is 21.6. The maximum atomic E-state index is 13.3. The Labute approximate surface area is 185 Å². The molecule has 158 valence electrons. The molecule has 6 heteroatoms. The Morgan fingerprint density at radius 1 is 1.06 bits per heavy atom. The van der Waals surface area contributed by atoms with Crippen molar-refractivity contribution < 1.29 is 13.9 Å². The Bertz CT molecular complexity index is 1080. The number of carbonyl (C=O) groups excluding carboxylic acids is 1. The second kappa shape index (κ2) is 9.71. The number of carbonyl (C=O) groups is 1. The molecular formula is C25H23FN2O2S. The van der Waals surface area contributed by atoms with Crippen LogP contribution in [0, 0.1) is 5.82 Å². The molecular weight excluding hydrogens is 411 g/mol. The van der Waals surface area contributed by atoms with Crippen molar-refractivity contribution >= 4 is 29.4 Å². The minimum absolute atomic E-state index is 0.0980. The number of amides is 1. The lowest BCUT2D eigenvalue weighted by Gasteiger charge is -2.12. The number of nitrogens with one attached hydrogen (secondary N) is 2. The Balaban J connectivity index is 1.34. The summed E-state index contributed by atoms with van der Waals surface area (Å²) in [5.74, 6) is 0.310. The summed E-state index contributed by atoms with van der Waals surface area (Å²) in [7, 11) is 0. The highest BCUT2D eigenvalue weighted by Gasteiger charge is 2.27. The van der Waals surface area contributed by atoms with E-state index in [1.165, 1.54) is 29.5 Å². The van der Waals surface area contributed by atoms with Crippen LogP contribution in [-0.2, 0) is 17.8 Å². The van der Waals surface area contributed by atoms with E-state index in [-0.39, 0.29) is 17.2 Å². The van der Waals surface area contributed by atoms with Crippen molar-refractivity contribution in [2.45, 2.75) is 25.4 Å². The van der Waals surface area contributed by atoms with E-state index in [0.717, 1.165) is 23.2 Å². The van der Waals surface area contributed by atoms with E-state index in [0.29, 0.717) is 17.3 Å². The summed E-state index contributed by atoms with van der Waals surface area (Å²) in [6.45, 7) is 2.42. The van der Waals surface area contributed by atoms with Gasteiger partial charge in [0.1, 0.15) is 18.2 Å². The van der Waals surface area contributed by atoms with Gasteiger partial charge in [-0.25, -0.2) is 4.39 Å². The molecule has 1 heterocycles. The number of ether oxygens (including phenoxy) is 1. The van der Waals surface area contributed by atoms with Gasteiger partial charge in [-0.3, -0.25) is 4.79 Å². The predicted octanol–water partition coefficient (Wildman–Crippen LogP) is 5.57. The lowest BCUT2D eigenvalue weighted by molar-refractivity contribution is -0.116. The molecule has 4 rings (SSSR count). The van der Waals surface area contributed by atoms with Crippen LogP contribution >= 0.6 is 11.8 Å². The molecule has 2 N–H and O–H groups in total. The van der Waals surface area contributed by atoms with Crippen LogP contribution in [0.15, 0.2) is 77.7 Å². The number of halogens is 1. The molecule has 1 aliphatic heterocycles. The van der Waals surface area contributed by atoms with Gasteiger partial charge >= 0.3 is 0 Å². The molecule has 1 saturated heterocycles. The lowest BCUT2D eigenvalue weighted by Crippen LogP contribution is -2.30. The molecule has 31 heavy (non-hydrogen) atoms. The first-order valence-corrected chi connectivity index (χ1v) is 11.0. The van der Waals surface area contributed by atoms with Crippen LogP contribution in [0.25, 0.3) is 6.08 Å². The monoisotopic (exact) mass is 434 g/mol. The predicted molar refractivity (Wildman–Crippen MR) is 124 cm³/mol. The van der Waals surface area contributed by atoms with Crippen LogP contribution in [0.1, 0.15) is 23.6 Å². The van der Waals surface area contributed by atoms with E-state index in [1.807, 2.05) is 48.5 Å². The summed E-state index contributed by atoms with van der Waals surface area (Å²) >= 11 is 1.45. The molecule has 0 aliphatic carbocycles. The number of rotatable bonds is 7. The number of hydrogen-bond acceptors (Lipinski definition) is 4. The van der Waals surface area contributed by atoms with Gasteiger partial charge in [-0.2, -0.15) is 0 Å². The zero-order valence-electron chi connectivity index (χ0n) is 17.1. The number of anilines is 1. The van der Waals surface area contributed by atoms with Crippen molar-refractivity contribution in [3.63, 3.8) is 0 Å². The SMILES string of the molecule is CCc1ccc(N[C@H]2NC(=O)/C(=C/c3ccc(OCc4cccc(F)c4)cc3)S2)cc1. The molecule has 1 amide bonds.